The van der Waals surface area contributed by atoms with Crippen LogP contribution >= 0.6 is 0 Å². The highest BCUT2D eigenvalue weighted by molar-refractivity contribution is 5.99. The number of nitrogens with one attached hydrogen (secondary N) is 2. The molecule has 1 saturated carbocycles. The third-order valence-corrected chi connectivity index (χ3v) is 8.67. The lowest BCUT2D eigenvalue weighted by atomic mass is 9.65. The van der Waals surface area contributed by atoms with E-state index in [9.17, 15) is 18.4 Å². The van der Waals surface area contributed by atoms with E-state index in [0.717, 1.165) is 25.8 Å². The Labute approximate surface area is 240 Å². The summed E-state index contributed by atoms with van der Waals surface area (Å²) in [6.07, 6.45) is 2.22. The van der Waals surface area contributed by atoms with Gasteiger partial charge in [0.15, 0.2) is 5.69 Å². The van der Waals surface area contributed by atoms with Crippen molar-refractivity contribution in [2.45, 2.75) is 70.9 Å². The van der Waals surface area contributed by atoms with Gasteiger partial charge >= 0.3 is 0 Å². The lowest BCUT2D eigenvalue weighted by Crippen LogP contribution is -2.59. The Balaban J connectivity index is 1.44. The normalized spacial score (nSPS) is 22.0. The van der Waals surface area contributed by atoms with Gasteiger partial charge in [-0.15, -0.1) is 0 Å². The Hall–Kier alpha value is -3.34. The quantitative estimate of drug-likeness (QED) is 0.447. The molecule has 2 N–H and O–H groups in total. The highest BCUT2D eigenvalue weighted by Crippen LogP contribution is 2.47. The zero-order valence-electron chi connectivity index (χ0n) is 23.9. The van der Waals surface area contributed by atoms with Gasteiger partial charge < -0.3 is 25.2 Å². The first-order valence-electron chi connectivity index (χ1n) is 14.8. The van der Waals surface area contributed by atoms with Crippen LogP contribution in [0.3, 0.4) is 0 Å². The molecular weight excluding hydrogens is 530 g/mol. The molecule has 11 heteroatoms. The molecule has 1 aliphatic carbocycles. The molecule has 222 valence electrons. The average molecular weight is 571 g/mol. The Morgan fingerprint density at radius 2 is 2.05 bits per heavy atom. The number of rotatable bonds is 10. The maximum Gasteiger partial charge on any atom is 0.272 e. The van der Waals surface area contributed by atoms with Crippen molar-refractivity contribution >= 4 is 17.5 Å². The van der Waals surface area contributed by atoms with E-state index in [0.29, 0.717) is 74.1 Å². The van der Waals surface area contributed by atoms with Gasteiger partial charge in [-0.25, -0.2) is 18.7 Å². The standard InChI is InChI=1S/C30H40F2N6O3/c1-3-21-19-37(29(40)30(11-6-12-30)17-25(31)32)15-16-38(21)24-9-8-23(22-7-5-13-34-28(22)41-4-2)36-26(24)27(39)35-20-10-14-33-18-20/h5,7-9,13,20-21,25,33H,3-4,6,10-12,14-19H2,1-2H3,(H,35,39)/t20-,21-/m1/s1. The number of ether oxygens (including phenoxy) is 1. The first-order valence-corrected chi connectivity index (χ1v) is 14.8. The van der Waals surface area contributed by atoms with Crippen LogP contribution in [0.25, 0.3) is 11.3 Å². The lowest BCUT2D eigenvalue weighted by Gasteiger charge is -2.48. The smallest absolute Gasteiger partial charge is 0.272 e. The molecule has 0 radical (unpaired) electrons. The van der Waals surface area contributed by atoms with Crippen LogP contribution in [0, 0.1) is 5.41 Å². The zero-order chi connectivity index (χ0) is 29.0. The summed E-state index contributed by atoms with van der Waals surface area (Å²) >= 11 is 0. The molecule has 3 aliphatic rings. The second kappa shape index (κ2) is 12.7. The predicted molar refractivity (Wildman–Crippen MR) is 152 cm³/mol. The average Bonchev–Trinajstić information content (AvgIpc) is 3.47. The molecule has 4 heterocycles. The number of hydrogen-bond donors (Lipinski definition) is 2. The SMILES string of the molecule is CCOc1ncccc1-c1ccc(N2CCN(C(=O)C3(CC(F)F)CCC3)C[C@H]2CC)c(C(=O)N[C@@H]2CCNC2)n1. The second-order valence-corrected chi connectivity index (χ2v) is 11.3. The third-order valence-electron chi connectivity index (χ3n) is 8.67. The number of aromatic nitrogens is 2. The van der Waals surface area contributed by atoms with Crippen LogP contribution in [0.2, 0.25) is 0 Å². The van der Waals surface area contributed by atoms with Gasteiger partial charge in [0.25, 0.3) is 5.91 Å². The summed E-state index contributed by atoms with van der Waals surface area (Å²) in [6, 6.07) is 7.40. The van der Waals surface area contributed by atoms with Crippen LogP contribution in [0.15, 0.2) is 30.5 Å². The Morgan fingerprint density at radius 1 is 1.22 bits per heavy atom. The van der Waals surface area contributed by atoms with Crippen LogP contribution < -0.4 is 20.3 Å². The van der Waals surface area contributed by atoms with Crippen LogP contribution in [-0.4, -0.2) is 84.5 Å². The van der Waals surface area contributed by atoms with E-state index in [1.807, 2.05) is 38.1 Å². The number of piperazine rings is 1. The highest BCUT2D eigenvalue weighted by atomic mass is 19.3. The van der Waals surface area contributed by atoms with Crippen molar-refractivity contribution in [3.05, 3.63) is 36.2 Å². The minimum absolute atomic E-state index is 0.0168. The van der Waals surface area contributed by atoms with Gasteiger partial charge in [0.2, 0.25) is 18.2 Å². The Bertz CT molecular complexity index is 1230. The summed E-state index contributed by atoms with van der Waals surface area (Å²) in [7, 11) is 0. The molecule has 0 aromatic carbocycles. The lowest BCUT2D eigenvalue weighted by molar-refractivity contribution is -0.152. The molecule has 2 aromatic rings. The maximum absolute atomic E-state index is 13.7. The van der Waals surface area contributed by atoms with Crippen molar-refractivity contribution in [1.29, 1.82) is 0 Å². The van der Waals surface area contributed by atoms with Crippen molar-refractivity contribution in [2.24, 2.45) is 5.41 Å². The van der Waals surface area contributed by atoms with Crippen molar-refractivity contribution in [2.75, 3.05) is 44.2 Å². The largest absolute Gasteiger partial charge is 0.477 e. The minimum atomic E-state index is -2.49. The van der Waals surface area contributed by atoms with Gasteiger partial charge in [-0.05, 0) is 63.4 Å². The summed E-state index contributed by atoms with van der Waals surface area (Å²) in [5.74, 6) is 0.0485. The van der Waals surface area contributed by atoms with E-state index in [-0.39, 0.29) is 30.3 Å². The van der Waals surface area contributed by atoms with Crippen LogP contribution in [0.5, 0.6) is 5.88 Å². The van der Waals surface area contributed by atoms with Crippen molar-refractivity contribution < 1.29 is 23.1 Å². The first kappa shape index (κ1) is 29.2. The minimum Gasteiger partial charge on any atom is -0.477 e. The van der Waals surface area contributed by atoms with E-state index in [2.05, 4.69) is 20.5 Å². The molecule has 3 fully saturated rings. The number of halogens is 2. The molecule has 41 heavy (non-hydrogen) atoms. The first-order chi connectivity index (χ1) is 19.8. The predicted octanol–water partition coefficient (Wildman–Crippen LogP) is 3.89. The Kier molecular flexibility index (Phi) is 9.01. The van der Waals surface area contributed by atoms with Gasteiger partial charge in [0.1, 0.15) is 0 Å². The highest BCUT2D eigenvalue weighted by Gasteiger charge is 2.49. The molecule has 0 bridgehead atoms. The number of amides is 2. The van der Waals surface area contributed by atoms with E-state index >= 15 is 0 Å². The molecule has 2 saturated heterocycles. The molecule has 5 rings (SSSR count). The molecule has 2 amide bonds. The van der Waals surface area contributed by atoms with E-state index in [1.165, 1.54) is 0 Å². The maximum atomic E-state index is 13.7. The summed E-state index contributed by atoms with van der Waals surface area (Å²) in [5.41, 5.74) is 1.36. The van der Waals surface area contributed by atoms with Crippen molar-refractivity contribution in [1.82, 2.24) is 25.5 Å². The van der Waals surface area contributed by atoms with Crippen LogP contribution in [-0.2, 0) is 4.79 Å². The number of carbonyl (C=O) groups excluding carboxylic acids is 2. The van der Waals surface area contributed by atoms with Crippen molar-refractivity contribution in [3.63, 3.8) is 0 Å². The second-order valence-electron chi connectivity index (χ2n) is 11.3. The summed E-state index contributed by atoms with van der Waals surface area (Å²) in [4.78, 5) is 40.3. The van der Waals surface area contributed by atoms with E-state index < -0.39 is 11.8 Å². The summed E-state index contributed by atoms with van der Waals surface area (Å²) < 4.78 is 32.4. The number of carbonyl (C=O) groups is 2. The summed E-state index contributed by atoms with van der Waals surface area (Å²) in [6.45, 7) is 7.25. The van der Waals surface area contributed by atoms with E-state index in [1.54, 1.807) is 11.1 Å². The van der Waals surface area contributed by atoms with Gasteiger partial charge in [-0.2, -0.15) is 0 Å². The van der Waals surface area contributed by atoms with Gasteiger partial charge in [-0.1, -0.05) is 13.3 Å². The van der Waals surface area contributed by atoms with Crippen LogP contribution in [0.4, 0.5) is 14.5 Å². The molecule has 9 nitrogen and oxygen atoms in total. The topological polar surface area (TPSA) is 99.7 Å². The van der Waals surface area contributed by atoms with Crippen LogP contribution in [0.1, 0.15) is 62.9 Å². The number of hydrogen-bond acceptors (Lipinski definition) is 7. The van der Waals surface area contributed by atoms with E-state index in [4.69, 9.17) is 9.72 Å². The van der Waals surface area contributed by atoms with Gasteiger partial charge in [-0.3, -0.25) is 9.59 Å². The third kappa shape index (κ3) is 6.14. The van der Waals surface area contributed by atoms with Gasteiger partial charge in [0, 0.05) is 50.9 Å². The Morgan fingerprint density at radius 3 is 2.71 bits per heavy atom. The number of pyridine rings is 2. The zero-order valence-corrected chi connectivity index (χ0v) is 23.9. The van der Waals surface area contributed by atoms with Crippen molar-refractivity contribution in [3.8, 4) is 17.1 Å². The molecule has 2 atom stereocenters. The monoisotopic (exact) mass is 570 g/mol. The molecule has 0 unspecified atom stereocenters. The number of alkyl halides is 2. The van der Waals surface area contributed by atoms with Gasteiger partial charge in [0.05, 0.1) is 29.0 Å². The summed E-state index contributed by atoms with van der Waals surface area (Å²) in [5, 5.41) is 6.41. The molecular formula is C30H40F2N6O3. The fourth-order valence-electron chi connectivity index (χ4n) is 6.32. The fraction of sp³-hybridized carbons (Fsp3) is 0.600. The number of anilines is 1. The molecule has 0 spiro atoms. The molecule has 2 aromatic heterocycles. The number of nitrogens with zero attached hydrogens (tertiary/aromatic N) is 4. The molecule has 2 aliphatic heterocycles. The fourth-order valence-corrected chi connectivity index (χ4v) is 6.32.